The van der Waals surface area contributed by atoms with Crippen LogP contribution in [-0.4, -0.2) is 55.9 Å². The second kappa shape index (κ2) is 9.60. The Morgan fingerprint density at radius 1 is 1.18 bits per heavy atom. The van der Waals surface area contributed by atoms with Gasteiger partial charge in [-0.25, -0.2) is 14.8 Å². The van der Waals surface area contributed by atoms with Gasteiger partial charge in [-0.15, -0.1) is 11.3 Å². The molecule has 1 aliphatic heterocycles. The number of carbonyl (C=O) groups excluding carboxylic acids is 3. The third-order valence-corrected chi connectivity index (χ3v) is 6.75. The molecule has 3 heterocycles. The van der Waals surface area contributed by atoms with Crippen molar-refractivity contribution in [3.8, 4) is 0 Å². The standard InChI is InChI=1S/C24H24N4O5S/c1-14-22(34-15(2)26-14)20(29)18-19(16-5-7-17(8-6-16)24(32)33-3)28(23(31)21(18)30)11-4-10-27-12-9-25-13-27/h5-9,12-13,19,30H,4,10-11H2,1-3H3. The van der Waals surface area contributed by atoms with Crippen LogP contribution in [0.25, 0.3) is 0 Å². The Balaban J connectivity index is 1.70. The van der Waals surface area contributed by atoms with E-state index in [0.29, 0.717) is 41.2 Å². The van der Waals surface area contributed by atoms with Crippen LogP contribution >= 0.6 is 11.3 Å². The number of nitrogens with zero attached hydrogens (tertiary/aromatic N) is 4. The molecule has 4 rings (SSSR count). The van der Waals surface area contributed by atoms with Crippen molar-refractivity contribution >= 4 is 29.0 Å². The molecule has 1 aromatic carbocycles. The van der Waals surface area contributed by atoms with Crippen molar-refractivity contribution in [3.05, 3.63) is 81.0 Å². The fourth-order valence-electron chi connectivity index (χ4n) is 4.09. The van der Waals surface area contributed by atoms with E-state index in [-0.39, 0.29) is 5.57 Å². The van der Waals surface area contributed by atoms with Crippen molar-refractivity contribution in [2.45, 2.75) is 32.9 Å². The summed E-state index contributed by atoms with van der Waals surface area (Å²) in [4.78, 5) is 48.7. The van der Waals surface area contributed by atoms with Crippen LogP contribution in [0.5, 0.6) is 0 Å². The molecule has 176 valence electrons. The molecule has 0 spiro atoms. The van der Waals surface area contributed by atoms with E-state index in [9.17, 15) is 19.5 Å². The van der Waals surface area contributed by atoms with E-state index in [4.69, 9.17) is 4.74 Å². The van der Waals surface area contributed by atoms with Gasteiger partial charge >= 0.3 is 5.97 Å². The molecular weight excluding hydrogens is 456 g/mol. The first-order chi connectivity index (χ1) is 16.3. The summed E-state index contributed by atoms with van der Waals surface area (Å²) in [5, 5.41) is 11.5. The number of aryl methyl sites for hydroxylation is 3. The lowest BCUT2D eigenvalue weighted by molar-refractivity contribution is -0.129. The molecule has 3 aromatic rings. The Hall–Kier alpha value is -3.79. The van der Waals surface area contributed by atoms with Gasteiger partial charge in [-0.05, 0) is 38.0 Å². The molecule has 1 aliphatic rings. The highest BCUT2D eigenvalue weighted by Crippen LogP contribution is 2.40. The molecule has 10 heteroatoms. The average molecular weight is 481 g/mol. The van der Waals surface area contributed by atoms with Crippen LogP contribution in [0, 0.1) is 13.8 Å². The fraction of sp³-hybridized carbons (Fsp3) is 0.292. The number of imidazole rings is 1. The number of ketones is 1. The first kappa shape index (κ1) is 23.4. The zero-order valence-corrected chi connectivity index (χ0v) is 19.8. The van der Waals surface area contributed by atoms with Crippen molar-refractivity contribution in [1.29, 1.82) is 0 Å². The smallest absolute Gasteiger partial charge is 0.337 e. The third-order valence-electron chi connectivity index (χ3n) is 5.68. The first-order valence-electron chi connectivity index (χ1n) is 10.7. The summed E-state index contributed by atoms with van der Waals surface area (Å²) in [6, 6.07) is 5.70. The molecule has 1 N–H and O–H groups in total. The molecular formula is C24H24N4O5S. The molecule has 0 saturated heterocycles. The van der Waals surface area contributed by atoms with E-state index in [1.807, 2.05) is 10.8 Å². The Bertz CT molecular complexity index is 1260. The number of rotatable bonds is 8. The van der Waals surface area contributed by atoms with Crippen LogP contribution in [0.1, 0.15) is 48.8 Å². The first-order valence-corrected chi connectivity index (χ1v) is 11.5. The van der Waals surface area contributed by atoms with Gasteiger partial charge in [-0.2, -0.15) is 0 Å². The lowest BCUT2D eigenvalue weighted by Crippen LogP contribution is -2.32. The van der Waals surface area contributed by atoms with Crippen molar-refractivity contribution in [2.75, 3.05) is 13.7 Å². The van der Waals surface area contributed by atoms with Gasteiger partial charge < -0.3 is 19.3 Å². The molecule has 1 atom stereocenters. The van der Waals surface area contributed by atoms with Gasteiger partial charge in [0.1, 0.15) is 0 Å². The Morgan fingerprint density at radius 3 is 2.50 bits per heavy atom. The van der Waals surface area contributed by atoms with Gasteiger partial charge in [0.2, 0.25) is 5.78 Å². The number of aromatic nitrogens is 3. The van der Waals surface area contributed by atoms with Crippen molar-refractivity contribution in [2.24, 2.45) is 0 Å². The number of carbonyl (C=O) groups is 3. The number of ether oxygens (including phenoxy) is 1. The summed E-state index contributed by atoms with van der Waals surface area (Å²) in [7, 11) is 1.30. The minimum Gasteiger partial charge on any atom is -0.503 e. The maximum Gasteiger partial charge on any atom is 0.337 e. The number of amides is 1. The molecule has 0 radical (unpaired) electrons. The van der Waals surface area contributed by atoms with Crippen molar-refractivity contribution in [1.82, 2.24) is 19.4 Å². The summed E-state index contributed by atoms with van der Waals surface area (Å²) >= 11 is 1.23. The zero-order chi connectivity index (χ0) is 24.4. The fourth-order valence-corrected chi connectivity index (χ4v) is 4.96. The predicted molar refractivity (Wildman–Crippen MR) is 125 cm³/mol. The van der Waals surface area contributed by atoms with Crippen LogP contribution in [-0.2, 0) is 16.1 Å². The molecule has 9 nitrogen and oxygen atoms in total. The predicted octanol–water partition coefficient (Wildman–Crippen LogP) is 3.41. The molecule has 0 aliphatic carbocycles. The molecule has 1 amide bonds. The minimum atomic E-state index is -0.795. The Labute approximate surface area is 200 Å². The van der Waals surface area contributed by atoms with Crippen LogP contribution in [0.4, 0.5) is 0 Å². The topological polar surface area (TPSA) is 115 Å². The second-order valence-corrected chi connectivity index (χ2v) is 9.11. The number of Topliss-reactive ketones (excluding diaryl/α,β-unsaturated/α-hetero) is 1. The van der Waals surface area contributed by atoms with Crippen LogP contribution in [0.3, 0.4) is 0 Å². The monoisotopic (exact) mass is 480 g/mol. The van der Waals surface area contributed by atoms with Crippen LogP contribution in [0.15, 0.2) is 54.3 Å². The van der Waals surface area contributed by atoms with E-state index in [0.717, 1.165) is 5.01 Å². The van der Waals surface area contributed by atoms with Crippen molar-refractivity contribution in [3.63, 3.8) is 0 Å². The second-order valence-electron chi connectivity index (χ2n) is 7.91. The Kier molecular flexibility index (Phi) is 6.60. The molecule has 34 heavy (non-hydrogen) atoms. The number of hydrogen-bond acceptors (Lipinski definition) is 8. The van der Waals surface area contributed by atoms with Crippen LogP contribution < -0.4 is 0 Å². The van der Waals surface area contributed by atoms with Crippen LogP contribution in [0.2, 0.25) is 0 Å². The number of hydrogen-bond donors (Lipinski definition) is 1. The highest BCUT2D eigenvalue weighted by molar-refractivity contribution is 7.14. The van der Waals surface area contributed by atoms with Gasteiger partial charge in [0, 0.05) is 25.5 Å². The maximum atomic E-state index is 13.5. The summed E-state index contributed by atoms with van der Waals surface area (Å²) in [5.41, 5.74) is 1.52. The molecule has 2 aromatic heterocycles. The zero-order valence-electron chi connectivity index (χ0n) is 19.0. The SMILES string of the molecule is COC(=O)c1ccc(C2C(C(=O)c3sc(C)nc3C)=C(O)C(=O)N2CCCn2ccnc2)cc1. The summed E-state index contributed by atoms with van der Waals surface area (Å²) in [6.07, 6.45) is 5.78. The number of esters is 1. The normalized spacial score (nSPS) is 15.8. The van der Waals surface area contributed by atoms with E-state index < -0.39 is 29.5 Å². The van der Waals surface area contributed by atoms with Gasteiger partial charge in [0.15, 0.2) is 5.76 Å². The quantitative estimate of drug-likeness (QED) is 0.388. The van der Waals surface area contributed by atoms with Gasteiger partial charge in [-0.3, -0.25) is 9.59 Å². The van der Waals surface area contributed by atoms with E-state index >= 15 is 0 Å². The van der Waals surface area contributed by atoms with Gasteiger partial charge in [0.05, 0.1) is 46.2 Å². The lowest BCUT2D eigenvalue weighted by Gasteiger charge is -2.27. The number of benzene rings is 1. The largest absolute Gasteiger partial charge is 0.503 e. The van der Waals surface area contributed by atoms with Gasteiger partial charge in [-0.1, -0.05) is 12.1 Å². The molecule has 0 fully saturated rings. The minimum absolute atomic E-state index is 0.0187. The molecule has 1 unspecified atom stereocenters. The number of thiazole rings is 1. The Morgan fingerprint density at radius 2 is 1.91 bits per heavy atom. The van der Waals surface area contributed by atoms with E-state index in [1.54, 1.807) is 50.6 Å². The number of aliphatic hydroxyl groups excluding tert-OH is 1. The average Bonchev–Trinajstić information content (AvgIpc) is 3.53. The maximum absolute atomic E-state index is 13.5. The summed E-state index contributed by atoms with van der Waals surface area (Å²) in [6.45, 7) is 4.46. The van der Waals surface area contributed by atoms with Gasteiger partial charge in [0.25, 0.3) is 5.91 Å². The highest BCUT2D eigenvalue weighted by atomic mass is 32.1. The summed E-state index contributed by atoms with van der Waals surface area (Å²) < 4.78 is 6.65. The third kappa shape index (κ3) is 4.36. The lowest BCUT2D eigenvalue weighted by atomic mass is 9.94. The van der Waals surface area contributed by atoms with Crippen molar-refractivity contribution < 1.29 is 24.2 Å². The van der Waals surface area contributed by atoms with E-state index in [2.05, 4.69) is 9.97 Å². The number of aliphatic hydroxyl groups is 1. The van der Waals surface area contributed by atoms with E-state index in [1.165, 1.54) is 23.3 Å². The summed E-state index contributed by atoms with van der Waals surface area (Å²) in [5.74, 6) is -2.07. The number of methoxy groups -OCH3 is 1. The molecule has 0 saturated carbocycles. The molecule has 0 bridgehead atoms. The highest BCUT2D eigenvalue weighted by Gasteiger charge is 2.44.